The van der Waals surface area contributed by atoms with Gasteiger partial charge in [-0.3, -0.25) is 4.99 Å². The molecule has 0 bridgehead atoms. The summed E-state index contributed by atoms with van der Waals surface area (Å²) in [5.74, 6) is 0.640. The molecule has 2 aromatic carbocycles. The highest BCUT2D eigenvalue weighted by molar-refractivity contribution is 7.90. The number of hydrogen-bond donors (Lipinski definition) is 4. The van der Waals surface area contributed by atoms with Crippen LogP contribution in [0.3, 0.4) is 0 Å². The smallest absolute Gasteiger partial charge is 0.328 e. The van der Waals surface area contributed by atoms with Crippen molar-refractivity contribution in [1.82, 2.24) is 4.72 Å². The van der Waals surface area contributed by atoms with E-state index in [1.165, 1.54) is 5.56 Å². The van der Waals surface area contributed by atoms with E-state index in [0.29, 0.717) is 23.1 Å². The molecule has 0 aliphatic carbocycles. The first kappa shape index (κ1) is 19.3. The predicted molar refractivity (Wildman–Crippen MR) is 112 cm³/mol. The van der Waals surface area contributed by atoms with Gasteiger partial charge in [0.05, 0.1) is 13.0 Å². The van der Waals surface area contributed by atoms with Crippen LogP contribution in [0.5, 0.6) is 0 Å². The summed E-state index contributed by atoms with van der Waals surface area (Å²) >= 11 is 5.35. The second-order valence-electron chi connectivity index (χ2n) is 6.28. The molecule has 0 atom stereocenters. The van der Waals surface area contributed by atoms with Gasteiger partial charge in [0.1, 0.15) is 4.90 Å². The third-order valence-electron chi connectivity index (χ3n) is 4.19. The largest absolute Gasteiger partial charge is 0.332 e. The number of amidine groups is 1. The summed E-state index contributed by atoms with van der Waals surface area (Å²) in [5, 5.41) is 6.56. The summed E-state index contributed by atoms with van der Waals surface area (Å²) in [6, 6.07) is 14.6. The van der Waals surface area contributed by atoms with Crippen molar-refractivity contribution in [1.29, 1.82) is 0 Å². The SMILES string of the molecule is CCc1cccc(NC(=S)Nc2cccc(S(=O)(=O)NC3=[NH+]CCC3)c2)c1. The predicted octanol–water partition coefficient (Wildman–Crippen LogP) is 1.61. The zero-order valence-corrected chi connectivity index (χ0v) is 16.7. The molecule has 1 aliphatic heterocycles. The van der Waals surface area contributed by atoms with Gasteiger partial charge in [-0.15, -0.1) is 0 Å². The fourth-order valence-corrected chi connectivity index (χ4v) is 4.20. The Morgan fingerprint density at radius 1 is 1.11 bits per heavy atom. The van der Waals surface area contributed by atoms with Gasteiger partial charge in [0.2, 0.25) is 0 Å². The molecule has 142 valence electrons. The number of sulfonamides is 1. The average Bonchev–Trinajstić information content (AvgIpc) is 3.14. The van der Waals surface area contributed by atoms with E-state index in [2.05, 4.69) is 33.3 Å². The molecule has 27 heavy (non-hydrogen) atoms. The Hall–Kier alpha value is -2.45. The minimum atomic E-state index is -3.62. The second kappa shape index (κ2) is 8.49. The number of benzene rings is 2. The number of rotatable bonds is 5. The molecule has 8 heteroatoms. The lowest BCUT2D eigenvalue weighted by atomic mass is 10.1. The molecule has 1 heterocycles. The van der Waals surface area contributed by atoms with Crippen molar-refractivity contribution in [2.45, 2.75) is 31.1 Å². The van der Waals surface area contributed by atoms with Crippen LogP contribution in [0.2, 0.25) is 0 Å². The Morgan fingerprint density at radius 2 is 1.81 bits per heavy atom. The fourth-order valence-electron chi connectivity index (χ4n) is 2.80. The normalized spacial score (nSPS) is 13.7. The van der Waals surface area contributed by atoms with Gasteiger partial charge in [0, 0.05) is 11.4 Å². The molecule has 0 fully saturated rings. The van der Waals surface area contributed by atoms with Crippen molar-refractivity contribution in [3.05, 3.63) is 54.1 Å². The number of nitrogens with one attached hydrogen (secondary N) is 4. The molecule has 3 rings (SSSR count). The van der Waals surface area contributed by atoms with Crippen molar-refractivity contribution < 1.29 is 13.4 Å². The van der Waals surface area contributed by atoms with E-state index in [-0.39, 0.29) is 4.90 Å². The van der Waals surface area contributed by atoms with Crippen LogP contribution in [0.1, 0.15) is 25.3 Å². The van der Waals surface area contributed by atoms with Crippen molar-refractivity contribution in [2.75, 3.05) is 17.2 Å². The molecule has 6 nitrogen and oxygen atoms in total. The molecular formula is C19H23N4O2S2+. The number of thiocarbonyl (C=S) groups is 1. The molecule has 0 saturated carbocycles. The van der Waals surface area contributed by atoms with Gasteiger partial charge in [0.25, 0.3) is 5.84 Å². The zero-order chi connectivity index (χ0) is 19.3. The molecule has 0 unspecified atom stereocenters. The van der Waals surface area contributed by atoms with Crippen molar-refractivity contribution in [3.8, 4) is 0 Å². The van der Waals surface area contributed by atoms with Crippen molar-refractivity contribution in [2.24, 2.45) is 0 Å². The van der Waals surface area contributed by atoms with E-state index >= 15 is 0 Å². The van der Waals surface area contributed by atoms with Crippen molar-refractivity contribution >= 4 is 44.6 Å². The number of aryl methyl sites for hydroxylation is 1. The molecule has 0 aromatic heterocycles. The minimum absolute atomic E-state index is 0.185. The van der Waals surface area contributed by atoms with Crippen LogP contribution in [0.15, 0.2) is 53.4 Å². The molecular weight excluding hydrogens is 380 g/mol. The van der Waals surface area contributed by atoms with Gasteiger partial charge >= 0.3 is 10.0 Å². The van der Waals surface area contributed by atoms with Gasteiger partial charge in [-0.25, -0.2) is 0 Å². The average molecular weight is 404 g/mol. The Morgan fingerprint density at radius 3 is 2.48 bits per heavy atom. The molecule has 0 saturated heterocycles. The van der Waals surface area contributed by atoms with Crippen LogP contribution in [-0.4, -0.2) is 25.9 Å². The first-order valence-corrected chi connectivity index (χ1v) is 10.7. The molecule has 0 radical (unpaired) electrons. The zero-order valence-electron chi connectivity index (χ0n) is 15.1. The van der Waals surface area contributed by atoms with E-state index in [0.717, 1.165) is 25.1 Å². The molecule has 2 aromatic rings. The standard InChI is InChI=1S/C19H22N4O2S2/c1-2-14-6-3-7-15(12-14)21-19(26)22-16-8-4-9-17(13-16)27(24,25)23-18-10-5-11-20-18/h3-4,6-9,12-13H,2,5,10-11H2,1H3,(H,20,23)(H2,21,22,26)/p+1. The van der Waals surface area contributed by atoms with Crippen LogP contribution in [0.4, 0.5) is 11.4 Å². The lowest BCUT2D eigenvalue weighted by Crippen LogP contribution is -2.72. The van der Waals surface area contributed by atoms with E-state index < -0.39 is 10.0 Å². The molecule has 1 aliphatic rings. The topological polar surface area (TPSA) is 84.2 Å². The quantitative estimate of drug-likeness (QED) is 0.570. The van der Waals surface area contributed by atoms with Crippen LogP contribution in [0.25, 0.3) is 0 Å². The third kappa shape index (κ3) is 5.27. The summed E-state index contributed by atoms with van der Waals surface area (Å²) in [6.45, 7) is 2.88. The van der Waals surface area contributed by atoms with Gasteiger partial charge in [0.15, 0.2) is 5.11 Å². The van der Waals surface area contributed by atoms with Crippen LogP contribution in [0, 0.1) is 0 Å². The van der Waals surface area contributed by atoms with E-state index in [1.807, 2.05) is 18.2 Å². The van der Waals surface area contributed by atoms with Gasteiger partial charge in [-0.05, 0) is 61.0 Å². The summed E-state index contributed by atoms with van der Waals surface area (Å²) in [6.07, 6.45) is 2.58. The van der Waals surface area contributed by atoms with E-state index in [1.54, 1.807) is 24.3 Å². The summed E-state index contributed by atoms with van der Waals surface area (Å²) in [5.41, 5.74) is 2.70. The Kier molecular flexibility index (Phi) is 6.08. The first-order valence-electron chi connectivity index (χ1n) is 8.86. The highest BCUT2D eigenvalue weighted by Gasteiger charge is 2.24. The monoisotopic (exact) mass is 403 g/mol. The Bertz CT molecular complexity index is 971. The minimum Gasteiger partial charge on any atom is -0.332 e. The maximum atomic E-state index is 12.5. The lowest BCUT2D eigenvalue weighted by Gasteiger charge is -2.12. The van der Waals surface area contributed by atoms with Gasteiger partial charge < -0.3 is 10.6 Å². The summed E-state index contributed by atoms with van der Waals surface area (Å²) < 4.78 is 27.7. The van der Waals surface area contributed by atoms with E-state index in [4.69, 9.17) is 12.2 Å². The fraction of sp³-hybridized carbons (Fsp3) is 0.263. The molecule has 4 N–H and O–H groups in total. The van der Waals surface area contributed by atoms with Crippen molar-refractivity contribution in [3.63, 3.8) is 0 Å². The molecule has 0 amide bonds. The second-order valence-corrected chi connectivity index (χ2v) is 8.37. The Balaban J connectivity index is 1.68. The van der Waals surface area contributed by atoms with Gasteiger partial charge in [-0.2, -0.15) is 13.1 Å². The maximum absolute atomic E-state index is 12.5. The summed E-state index contributed by atoms with van der Waals surface area (Å²) in [7, 11) is -3.62. The molecule has 0 spiro atoms. The number of hydrogen-bond acceptors (Lipinski definition) is 3. The third-order valence-corrected chi connectivity index (χ3v) is 5.79. The van der Waals surface area contributed by atoms with Crippen LogP contribution >= 0.6 is 12.2 Å². The first-order chi connectivity index (χ1) is 13.0. The highest BCUT2D eigenvalue weighted by Crippen LogP contribution is 2.17. The Labute approximate surface area is 165 Å². The summed E-state index contributed by atoms with van der Waals surface area (Å²) in [4.78, 5) is 3.23. The maximum Gasteiger partial charge on any atom is 0.328 e. The van der Waals surface area contributed by atoms with Crippen LogP contribution < -0.4 is 20.3 Å². The van der Waals surface area contributed by atoms with Crippen LogP contribution in [-0.2, 0) is 16.4 Å². The number of anilines is 2. The lowest BCUT2D eigenvalue weighted by molar-refractivity contribution is -0.448. The van der Waals surface area contributed by atoms with Gasteiger partial charge in [-0.1, -0.05) is 25.1 Å². The highest BCUT2D eigenvalue weighted by atomic mass is 32.2. The van der Waals surface area contributed by atoms with E-state index in [9.17, 15) is 8.42 Å².